The maximum absolute atomic E-state index is 10.0. The monoisotopic (exact) mass is 618 g/mol. The normalized spacial score (nSPS) is 16.6. The standard InChI is InChI=1S/C26H58O12Si2/c1-22(7-9-25(27)20-34-11-5-15-39(4,29)30)17-36-13-14-38-24(3)19-37-18-23(2)8-10-26(28)21-35-12-6-16-40(31,32)33/h22-33H,5-21H2,1-4H3. The van der Waals surface area contributed by atoms with Crippen molar-refractivity contribution in [3.8, 4) is 0 Å². The molecule has 0 aliphatic rings. The molecule has 14 heteroatoms. The summed E-state index contributed by atoms with van der Waals surface area (Å²) in [5.41, 5.74) is 0. The van der Waals surface area contributed by atoms with Crippen molar-refractivity contribution < 1.29 is 57.9 Å². The molecule has 0 radical (unpaired) electrons. The number of rotatable bonds is 28. The van der Waals surface area contributed by atoms with Crippen LogP contribution in [0.15, 0.2) is 0 Å². The minimum Gasteiger partial charge on any atom is -0.411 e. The molecule has 0 spiro atoms. The van der Waals surface area contributed by atoms with Crippen LogP contribution >= 0.6 is 0 Å². The summed E-state index contributed by atoms with van der Waals surface area (Å²) in [6.45, 7) is 11.2. The fourth-order valence-corrected chi connectivity index (χ4v) is 5.16. The summed E-state index contributed by atoms with van der Waals surface area (Å²) in [5.74, 6) is 0.569. The van der Waals surface area contributed by atoms with Gasteiger partial charge in [0.2, 0.25) is 0 Å². The van der Waals surface area contributed by atoms with Gasteiger partial charge in [-0.3, -0.25) is 0 Å². The van der Waals surface area contributed by atoms with Gasteiger partial charge in [0.25, 0.3) is 0 Å². The molecule has 12 nitrogen and oxygen atoms in total. The lowest BCUT2D eigenvalue weighted by Gasteiger charge is -2.18. The van der Waals surface area contributed by atoms with E-state index in [9.17, 15) is 19.8 Å². The number of aliphatic hydroxyl groups excluding tert-OH is 2. The molecule has 0 bridgehead atoms. The van der Waals surface area contributed by atoms with Crippen LogP contribution < -0.4 is 0 Å². The second-order valence-corrected chi connectivity index (χ2v) is 16.3. The minimum absolute atomic E-state index is 0.0632. The molecule has 0 heterocycles. The third-order valence-electron chi connectivity index (χ3n) is 6.13. The van der Waals surface area contributed by atoms with Crippen molar-refractivity contribution >= 4 is 17.4 Å². The number of hydrogen-bond acceptors (Lipinski definition) is 12. The largest absolute Gasteiger partial charge is 0.492 e. The molecule has 0 aliphatic heterocycles. The van der Waals surface area contributed by atoms with E-state index in [1.807, 2.05) is 6.92 Å². The van der Waals surface area contributed by atoms with Gasteiger partial charge in [-0.2, -0.15) is 0 Å². The zero-order chi connectivity index (χ0) is 30.4. The third kappa shape index (κ3) is 29.4. The van der Waals surface area contributed by atoms with E-state index in [2.05, 4.69) is 13.8 Å². The second kappa shape index (κ2) is 23.4. The Morgan fingerprint density at radius 3 is 1.52 bits per heavy atom. The summed E-state index contributed by atoms with van der Waals surface area (Å²) in [4.78, 5) is 45.5. The number of hydrogen-bond donors (Lipinski definition) is 7. The summed E-state index contributed by atoms with van der Waals surface area (Å²) in [6.07, 6.45) is 2.52. The first kappa shape index (κ1) is 40.0. The molecule has 7 N–H and O–H groups in total. The van der Waals surface area contributed by atoms with Gasteiger partial charge in [0, 0.05) is 32.5 Å². The lowest BCUT2D eigenvalue weighted by atomic mass is 10.0. The molecule has 242 valence electrons. The molecule has 0 aromatic carbocycles. The van der Waals surface area contributed by atoms with Gasteiger partial charge in [0.15, 0.2) is 0 Å². The summed E-state index contributed by atoms with van der Waals surface area (Å²) < 4.78 is 27.9. The molecular weight excluding hydrogens is 560 g/mol. The lowest BCUT2D eigenvalue weighted by Crippen LogP contribution is -2.34. The smallest absolute Gasteiger partial charge is 0.411 e. The molecule has 0 amide bonds. The SMILES string of the molecule is CC(CCC(O)COCCC[Si](C)(O)O)COCCOC(C)COCC(C)CCC(O)COCCC[Si](O)(O)O. The number of ether oxygens (including phenoxy) is 5. The molecule has 0 aromatic rings. The van der Waals surface area contributed by atoms with E-state index in [0.29, 0.717) is 77.3 Å². The second-order valence-electron chi connectivity index (χ2n) is 11.3. The molecule has 0 saturated heterocycles. The fourth-order valence-electron chi connectivity index (χ4n) is 3.72. The van der Waals surface area contributed by atoms with Gasteiger partial charge in [-0.1, -0.05) is 13.8 Å². The number of aliphatic hydroxyl groups is 2. The lowest BCUT2D eigenvalue weighted by molar-refractivity contribution is -0.0395. The van der Waals surface area contributed by atoms with Crippen molar-refractivity contribution in [2.75, 3.05) is 59.5 Å². The summed E-state index contributed by atoms with van der Waals surface area (Å²) in [6, 6.07) is 0.297. The first-order valence-electron chi connectivity index (χ1n) is 14.6. The Bertz CT molecular complexity index is 577. The molecule has 0 rings (SSSR count). The average molecular weight is 619 g/mol. The Hall–Kier alpha value is -0.0462. The maximum Gasteiger partial charge on any atom is 0.492 e. The van der Waals surface area contributed by atoms with Crippen LogP contribution in [0.4, 0.5) is 0 Å². The molecule has 0 fully saturated rings. The van der Waals surface area contributed by atoms with Crippen molar-refractivity contribution in [2.24, 2.45) is 11.8 Å². The van der Waals surface area contributed by atoms with Crippen molar-refractivity contribution in [1.82, 2.24) is 0 Å². The van der Waals surface area contributed by atoms with Crippen molar-refractivity contribution in [1.29, 1.82) is 0 Å². The van der Waals surface area contributed by atoms with Gasteiger partial charge in [-0.05, 0) is 69.9 Å². The third-order valence-corrected chi connectivity index (χ3v) is 8.46. The minimum atomic E-state index is -4.01. The van der Waals surface area contributed by atoms with Crippen LogP contribution in [0, 0.1) is 11.8 Å². The highest BCUT2D eigenvalue weighted by molar-refractivity contribution is 6.63. The predicted octanol–water partition coefficient (Wildman–Crippen LogP) is 0.765. The first-order chi connectivity index (χ1) is 18.7. The van der Waals surface area contributed by atoms with Gasteiger partial charge < -0.3 is 57.9 Å². The fraction of sp³-hybridized carbons (Fsp3) is 1.00. The Balaban J connectivity index is 3.62. The van der Waals surface area contributed by atoms with Gasteiger partial charge >= 0.3 is 17.4 Å². The summed E-state index contributed by atoms with van der Waals surface area (Å²) >= 11 is 0. The zero-order valence-corrected chi connectivity index (χ0v) is 27.1. The van der Waals surface area contributed by atoms with Gasteiger partial charge in [0.1, 0.15) is 0 Å². The van der Waals surface area contributed by atoms with Crippen molar-refractivity contribution in [3.05, 3.63) is 0 Å². The Morgan fingerprint density at radius 1 is 0.550 bits per heavy atom. The van der Waals surface area contributed by atoms with E-state index in [4.69, 9.17) is 38.1 Å². The molecule has 0 aromatic heterocycles. The zero-order valence-electron chi connectivity index (χ0n) is 25.1. The maximum atomic E-state index is 10.0. The topological polar surface area (TPSA) is 188 Å². The van der Waals surface area contributed by atoms with E-state index >= 15 is 0 Å². The summed E-state index contributed by atoms with van der Waals surface area (Å²) in [5, 5.41) is 20.0. The predicted molar refractivity (Wildman–Crippen MR) is 155 cm³/mol. The molecule has 0 aliphatic carbocycles. The molecule has 5 atom stereocenters. The van der Waals surface area contributed by atoms with Gasteiger partial charge in [-0.15, -0.1) is 0 Å². The Labute approximate surface area is 242 Å². The van der Waals surface area contributed by atoms with Crippen LogP contribution in [-0.2, 0) is 23.7 Å². The molecular formula is C26H58O12Si2. The molecule has 5 unspecified atom stereocenters. The Kier molecular flexibility index (Phi) is 23.4. The highest BCUT2D eigenvalue weighted by Gasteiger charge is 2.25. The highest BCUT2D eigenvalue weighted by atomic mass is 28.4. The van der Waals surface area contributed by atoms with E-state index < -0.39 is 29.6 Å². The van der Waals surface area contributed by atoms with Crippen LogP contribution in [0.2, 0.25) is 18.6 Å². The van der Waals surface area contributed by atoms with Crippen molar-refractivity contribution in [2.45, 2.75) is 96.2 Å². The van der Waals surface area contributed by atoms with Crippen LogP contribution in [0.3, 0.4) is 0 Å². The van der Waals surface area contributed by atoms with Crippen molar-refractivity contribution in [3.63, 3.8) is 0 Å². The highest BCUT2D eigenvalue weighted by Crippen LogP contribution is 2.12. The average Bonchev–Trinajstić information content (AvgIpc) is 2.84. The quantitative estimate of drug-likeness (QED) is 0.0483. The Morgan fingerprint density at radius 2 is 1.02 bits per heavy atom. The van der Waals surface area contributed by atoms with Crippen LogP contribution in [-0.4, -0.2) is 129 Å². The van der Waals surface area contributed by atoms with Crippen LogP contribution in [0.25, 0.3) is 0 Å². The van der Waals surface area contributed by atoms with E-state index in [1.54, 1.807) is 0 Å². The van der Waals surface area contributed by atoms with Crippen LogP contribution in [0.1, 0.15) is 59.3 Å². The van der Waals surface area contributed by atoms with Gasteiger partial charge in [-0.25, -0.2) is 0 Å². The first-order valence-corrected chi connectivity index (χ1v) is 19.2. The van der Waals surface area contributed by atoms with E-state index in [-0.39, 0.29) is 37.9 Å². The van der Waals surface area contributed by atoms with Gasteiger partial charge in [0.05, 0.1) is 51.3 Å². The molecule has 0 saturated carbocycles. The van der Waals surface area contributed by atoms with Crippen LogP contribution in [0.5, 0.6) is 0 Å². The van der Waals surface area contributed by atoms with E-state index in [1.165, 1.54) is 6.55 Å². The molecule has 40 heavy (non-hydrogen) atoms. The summed E-state index contributed by atoms with van der Waals surface area (Å²) in [7, 11) is -7.02. The van der Waals surface area contributed by atoms with E-state index in [0.717, 1.165) is 12.8 Å².